The maximum absolute atomic E-state index is 12.6. The Hall–Kier alpha value is -4.12. The summed E-state index contributed by atoms with van der Waals surface area (Å²) in [6, 6.07) is -3.41. The van der Waals surface area contributed by atoms with E-state index in [-0.39, 0.29) is 46.9 Å². The number of nitrogens with two attached hydrogens (primary N) is 8. The zero-order valence-corrected chi connectivity index (χ0v) is 44.4. The number of ketones is 2. The minimum Gasteiger partial charge on any atom is -0.388 e. The second kappa shape index (κ2) is 44.4. The van der Waals surface area contributed by atoms with E-state index in [2.05, 4.69) is 33.1 Å². The Morgan fingerprint density at radius 1 is 0.361 bits per heavy atom. The van der Waals surface area contributed by atoms with Crippen LogP contribution in [-0.4, -0.2) is 134 Å². The standard InChI is InChI=1S/C51H103N15O6/c1-2-35-66(36-19-33-64-50(71)42(56)23-7-3-11-27-44(67)38(52)21-15-17-31-62-48(69)40(54)25-9-5-13-29-46(58)59)37-20-34-65-51(72)43(57)24-8-4-12-28-45(68)39(53)22-16-18-32-63-49(70)41(55)26-10-6-14-30-47(60)61/h38-43H,2-37,52-57H2,1H3,(H3,58,59)(H3,60,61)(H,62,69)(H,63,70)(H,64,71)(H,65,72)/t38-,39-,40-,41-,42-,43-/m0/s1. The van der Waals surface area contributed by atoms with E-state index in [9.17, 15) is 28.8 Å². The molecule has 0 aromatic carbocycles. The Morgan fingerprint density at radius 2 is 0.625 bits per heavy atom. The highest BCUT2D eigenvalue weighted by Crippen LogP contribution is 2.12. The van der Waals surface area contributed by atoms with Crippen LogP contribution in [0.5, 0.6) is 0 Å². The predicted molar refractivity (Wildman–Crippen MR) is 290 cm³/mol. The highest BCUT2D eigenvalue weighted by Gasteiger charge is 2.19. The van der Waals surface area contributed by atoms with Gasteiger partial charge in [0.1, 0.15) is 11.6 Å². The molecule has 0 saturated heterocycles. The Kier molecular flexibility index (Phi) is 41.8. The second-order valence-corrected chi connectivity index (χ2v) is 19.7. The van der Waals surface area contributed by atoms with Crippen molar-refractivity contribution < 1.29 is 28.8 Å². The van der Waals surface area contributed by atoms with Gasteiger partial charge in [0.15, 0.2) is 0 Å². The third kappa shape index (κ3) is 38.5. The average molecular weight is 1020 g/mol. The summed E-state index contributed by atoms with van der Waals surface area (Å²) in [7, 11) is 0. The molecule has 0 rings (SSSR count). The lowest BCUT2D eigenvalue weighted by Crippen LogP contribution is -2.42. The smallest absolute Gasteiger partial charge is 0.236 e. The van der Waals surface area contributed by atoms with Crippen molar-refractivity contribution >= 4 is 46.9 Å². The zero-order chi connectivity index (χ0) is 53.9. The molecule has 0 bridgehead atoms. The zero-order valence-electron chi connectivity index (χ0n) is 44.4. The van der Waals surface area contributed by atoms with Gasteiger partial charge in [-0.05, 0) is 129 Å². The van der Waals surface area contributed by atoms with Gasteiger partial charge >= 0.3 is 0 Å². The van der Waals surface area contributed by atoms with Crippen LogP contribution >= 0.6 is 0 Å². The summed E-state index contributed by atoms with van der Waals surface area (Å²) in [6.45, 7) is 6.63. The van der Waals surface area contributed by atoms with Gasteiger partial charge in [0, 0.05) is 51.9 Å². The molecule has 0 aliphatic carbocycles. The molecule has 418 valence electrons. The summed E-state index contributed by atoms with van der Waals surface area (Å²) in [5.41, 5.74) is 47.2. The minimum absolute atomic E-state index is 0.0194. The monoisotopic (exact) mass is 1020 g/mol. The Morgan fingerprint density at radius 3 is 0.917 bits per heavy atom. The van der Waals surface area contributed by atoms with Crippen molar-refractivity contribution in [2.24, 2.45) is 45.9 Å². The van der Waals surface area contributed by atoms with Gasteiger partial charge in [-0.1, -0.05) is 58.3 Å². The van der Waals surface area contributed by atoms with Crippen molar-refractivity contribution in [2.45, 2.75) is 229 Å². The molecule has 0 aromatic rings. The fourth-order valence-electron chi connectivity index (χ4n) is 8.22. The normalized spacial score (nSPS) is 13.9. The molecular weight excluding hydrogens is 919 g/mol. The lowest BCUT2D eigenvalue weighted by atomic mass is 10.00. The molecule has 6 atom stereocenters. The van der Waals surface area contributed by atoms with Crippen LogP contribution in [-0.2, 0) is 28.8 Å². The summed E-state index contributed by atoms with van der Waals surface area (Å²) in [4.78, 5) is 77.1. The molecule has 0 unspecified atom stereocenters. The predicted octanol–water partition coefficient (Wildman–Crippen LogP) is 2.06. The summed E-state index contributed by atoms with van der Waals surface area (Å²) >= 11 is 0. The lowest BCUT2D eigenvalue weighted by Gasteiger charge is -2.22. The van der Waals surface area contributed by atoms with Crippen molar-refractivity contribution in [3.05, 3.63) is 0 Å². The second-order valence-electron chi connectivity index (χ2n) is 19.7. The van der Waals surface area contributed by atoms with Crippen molar-refractivity contribution in [3.8, 4) is 0 Å². The number of hydrogen-bond donors (Lipinski definition) is 14. The third-order valence-electron chi connectivity index (χ3n) is 12.9. The molecule has 0 saturated carbocycles. The van der Waals surface area contributed by atoms with Gasteiger partial charge < -0.3 is 72.0 Å². The molecule has 21 heteroatoms. The first kappa shape index (κ1) is 67.9. The Balaban J connectivity index is 4.02. The summed E-state index contributed by atoms with van der Waals surface area (Å²) < 4.78 is 0. The number of carbonyl (C=O) groups is 6. The molecule has 0 fully saturated rings. The van der Waals surface area contributed by atoms with E-state index in [0.29, 0.717) is 116 Å². The van der Waals surface area contributed by atoms with Gasteiger partial charge in [-0.3, -0.25) is 39.6 Å². The first-order valence-corrected chi connectivity index (χ1v) is 27.5. The molecular formula is C51H103N15O6. The molecule has 22 N–H and O–H groups in total. The van der Waals surface area contributed by atoms with E-state index < -0.39 is 36.3 Å². The van der Waals surface area contributed by atoms with E-state index in [1.165, 1.54) is 0 Å². The van der Waals surface area contributed by atoms with Crippen molar-refractivity contribution in [3.63, 3.8) is 0 Å². The number of hydrogen-bond acceptors (Lipinski definition) is 15. The van der Waals surface area contributed by atoms with Gasteiger partial charge in [0.05, 0.1) is 47.9 Å². The number of carbonyl (C=O) groups excluding carboxylic acids is 6. The van der Waals surface area contributed by atoms with Crippen LogP contribution in [0.3, 0.4) is 0 Å². The van der Waals surface area contributed by atoms with Crippen LogP contribution in [0.25, 0.3) is 0 Å². The molecule has 0 aliphatic heterocycles. The van der Waals surface area contributed by atoms with E-state index in [4.69, 9.17) is 56.7 Å². The van der Waals surface area contributed by atoms with Gasteiger partial charge in [0.2, 0.25) is 23.6 Å². The highest BCUT2D eigenvalue weighted by molar-refractivity contribution is 5.85. The highest BCUT2D eigenvalue weighted by atomic mass is 16.2. The summed E-state index contributed by atoms with van der Waals surface area (Å²) in [6.07, 6.45) is 20.0. The Labute approximate surface area is 432 Å². The van der Waals surface area contributed by atoms with Crippen molar-refractivity contribution in [2.75, 3.05) is 45.8 Å². The molecule has 0 spiro atoms. The van der Waals surface area contributed by atoms with Crippen LogP contribution in [0.2, 0.25) is 0 Å². The fourth-order valence-corrected chi connectivity index (χ4v) is 8.22. The molecule has 4 amide bonds. The number of unbranched alkanes of at least 4 members (excludes halogenated alkanes) is 10. The number of nitrogens with zero attached hydrogens (tertiary/aromatic N) is 1. The van der Waals surface area contributed by atoms with E-state index in [1.807, 2.05) is 0 Å². The van der Waals surface area contributed by atoms with Crippen LogP contribution in [0, 0.1) is 10.8 Å². The van der Waals surface area contributed by atoms with Crippen LogP contribution < -0.4 is 67.1 Å². The maximum Gasteiger partial charge on any atom is 0.236 e. The van der Waals surface area contributed by atoms with Gasteiger partial charge in [-0.2, -0.15) is 0 Å². The van der Waals surface area contributed by atoms with E-state index >= 15 is 0 Å². The maximum atomic E-state index is 12.6. The number of rotatable bonds is 50. The largest absolute Gasteiger partial charge is 0.388 e. The van der Waals surface area contributed by atoms with Gasteiger partial charge in [-0.15, -0.1) is 0 Å². The summed E-state index contributed by atoms with van der Waals surface area (Å²) in [5.74, 6) is -0.333. The topological polar surface area (TPSA) is 410 Å². The third-order valence-corrected chi connectivity index (χ3v) is 12.9. The first-order valence-electron chi connectivity index (χ1n) is 27.5. The molecule has 0 aliphatic rings. The number of Topliss-reactive ketones (excluding diaryl/α,β-unsaturated/α-hetero) is 2. The summed E-state index contributed by atoms with van der Waals surface area (Å²) in [5, 5.41) is 26.1. The van der Waals surface area contributed by atoms with E-state index in [0.717, 1.165) is 116 Å². The minimum atomic E-state index is -0.611. The fraction of sp³-hybridized carbons (Fsp3) is 0.843. The number of amides is 4. The van der Waals surface area contributed by atoms with Gasteiger partial charge in [-0.25, -0.2) is 0 Å². The first-order chi connectivity index (χ1) is 34.4. The molecule has 0 heterocycles. The van der Waals surface area contributed by atoms with Crippen molar-refractivity contribution in [1.82, 2.24) is 26.2 Å². The molecule has 0 radical (unpaired) electrons. The van der Waals surface area contributed by atoms with Crippen molar-refractivity contribution in [1.29, 1.82) is 10.8 Å². The van der Waals surface area contributed by atoms with E-state index in [1.54, 1.807) is 0 Å². The number of nitrogens with one attached hydrogen (secondary N) is 6. The molecule has 72 heavy (non-hydrogen) atoms. The SMILES string of the molecule is CCCN(CCCNC(=O)[C@@H](N)CCCCCC(=O)[C@@H](N)CCCCNC(=O)[C@@H](N)CCCCCC(=N)N)CCCNC(=O)[C@@H](N)CCCCCC(=O)[C@@H](N)CCCCNC(=O)[C@@H](N)CCCCCC(=N)N. The quantitative estimate of drug-likeness (QED) is 0.0236. The number of amidine groups is 2. The van der Waals surface area contributed by atoms with Gasteiger partial charge in [0.25, 0.3) is 0 Å². The average Bonchev–Trinajstić information content (AvgIpc) is 3.34. The molecule has 0 aromatic heterocycles. The van der Waals surface area contributed by atoms with Crippen LogP contribution in [0.4, 0.5) is 0 Å². The lowest BCUT2D eigenvalue weighted by molar-refractivity contribution is -0.123. The molecule has 21 nitrogen and oxygen atoms in total. The van der Waals surface area contributed by atoms with Crippen LogP contribution in [0.15, 0.2) is 0 Å². The van der Waals surface area contributed by atoms with Crippen LogP contribution in [0.1, 0.15) is 193 Å². The Bertz CT molecular complexity index is 1420.